The zero-order valence-corrected chi connectivity index (χ0v) is 22.6. The van der Waals surface area contributed by atoms with E-state index >= 15 is 0 Å². The van der Waals surface area contributed by atoms with Crippen LogP contribution in [0.2, 0.25) is 5.02 Å². The molecule has 0 radical (unpaired) electrons. The second-order valence-electron chi connectivity index (χ2n) is 8.90. The Hall–Kier alpha value is -4.36. The highest BCUT2D eigenvalue weighted by molar-refractivity contribution is 6.30. The largest absolute Gasteiger partial charge is 0.493 e. The second-order valence-corrected chi connectivity index (χ2v) is 9.34. The molecule has 200 valence electrons. The molecule has 0 aliphatic carbocycles. The fraction of sp³-hybridized carbons (Fsp3) is 0.194. The normalized spacial score (nSPS) is 11.4. The summed E-state index contributed by atoms with van der Waals surface area (Å²) in [6, 6.07) is 24.7. The van der Waals surface area contributed by atoms with Gasteiger partial charge in [-0.3, -0.25) is 14.6 Å². The number of ether oxygens (including phenoxy) is 2. The molecular formula is C31H30ClN3O4. The van der Waals surface area contributed by atoms with Crippen molar-refractivity contribution in [2.45, 2.75) is 25.6 Å². The number of rotatable bonds is 11. The first-order valence-electron chi connectivity index (χ1n) is 12.4. The molecule has 1 atom stereocenters. The molecule has 0 aliphatic heterocycles. The second kappa shape index (κ2) is 13.4. The predicted octanol–water partition coefficient (Wildman–Crippen LogP) is 5.38. The zero-order chi connectivity index (χ0) is 27.6. The molecule has 1 N–H and O–H groups in total. The number of nitrogens with zero attached hydrogens (tertiary/aromatic N) is 2. The molecule has 4 rings (SSSR count). The Bertz CT molecular complexity index is 1380. The van der Waals surface area contributed by atoms with Crippen molar-refractivity contribution < 1.29 is 19.1 Å². The molecule has 3 aromatic carbocycles. The number of methoxy groups -OCH3 is 2. The van der Waals surface area contributed by atoms with Crippen molar-refractivity contribution in [3.05, 3.63) is 125 Å². The summed E-state index contributed by atoms with van der Waals surface area (Å²) in [6.07, 6.45) is 3.42. The first-order chi connectivity index (χ1) is 19.0. The summed E-state index contributed by atoms with van der Waals surface area (Å²) in [4.78, 5) is 33.4. The molecule has 0 fully saturated rings. The maximum absolute atomic E-state index is 14.0. The van der Waals surface area contributed by atoms with E-state index < -0.39 is 6.04 Å². The van der Waals surface area contributed by atoms with Crippen LogP contribution in [0.15, 0.2) is 97.3 Å². The van der Waals surface area contributed by atoms with Crippen LogP contribution in [-0.2, 0) is 29.1 Å². The van der Waals surface area contributed by atoms with Gasteiger partial charge in [0.15, 0.2) is 11.5 Å². The lowest BCUT2D eigenvalue weighted by Gasteiger charge is -2.32. The summed E-state index contributed by atoms with van der Waals surface area (Å²) < 4.78 is 10.8. The van der Waals surface area contributed by atoms with E-state index in [-0.39, 0.29) is 24.8 Å². The predicted molar refractivity (Wildman–Crippen MR) is 151 cm³/mol. The summed E-state index contributed by atoms with van der Waals surface area (Å²) in [5.74, 6) is 0.601. The number of aromatic nitrogens is 1. The Kier molecular flexibility index (Phi) is 9.53. The molecule has 0 saturated heterocycles. The number of nitrogens with one attached hydrogen (secondary N) is 1. The van der Waals surface area contributed by atoms with Crippen molar-refractivity contribution in [1.82, 2.24) is 15.2 Å². The topological polar surface area (TPSA) is 80.8 Å². The van der Waals surface area contributed by atoms with E-state index in [1.54, 1.807) is 55.8 Å². The summed E-state index contributed by atoms with van der Waals surface area (Å²) in [5.41, 5.74) is 3.20. The maximum atomic E-state index is 14.0. The number of carbonyl (C=O) groups excluding carboxylic acids is 2. The lowest BCUT2D eigenvalue weighted by atomic mass is 10.0. The van der Waals surface area contributed by atoms with Gasteiger partial charge in [0, 0.05) is 30.5 Å². The average Bonchev–Trinajstić information content (AvgIpc) is 2.97. The van der Waals surface area contributed by atoms with Gasteiger partial charge in [-0.05, 0) is 58.7 Å². The quantitative estimate of drug-likeness (QED) is 0.275. The van der Waals surface area contributed by atoms with Crippen LogP contribution in [0, 0.1) is 0 Å². The van der Waals surface area contributed by atoms with Crippen molar-refractivity contribution >= 4 is 23.4 Å². The van der Waals surface area contributed by atoms with Crippen molar-refractivity contribution in [2.75, 3.05) is 14.2 Å². The summed E-state index contributed by atoms with van der Waals surface area (Å²) >= 11 is 6.11. The maximum Gasteiger partial charge on any atom is 0.247 e. The summed E-state index contributed by atoms with van der Waals surface area (Å²) in [6.45, 7) is 0.523. The van der Waals surface area contributed by atoms with Gasteiger partial charge in [0.1, 0.15) is 6.04 Å². The van der Waals surface area contributed by atoms with Gasteiger partial charge in [0.05, 0.1) is 20.6 Å². The van der Waals surface area contributed by atoms with Crippen LogP contribution < -0.4 is 14.8 Å². The molecule has 1 aromatic heterocycles. The standard InChI is InChI=1S/C31H30ClN3O4/c1-38-27-13-10-24(18-28(27)39-2)19-29(36)35(21-23-8-11-26(32)12-9-23)30(25-6-4-3-5-7-25)31(37)34-20-22-14-16-33-17-15-22/h3-18,30H,19-21H2,1-2H3,(H,34,37). The Morgan fingerprint density at radius 2 is 1.51 bits per heavy atom. The van der Waals surface area contributed by atoms with Crippen molar-refractivity contribution in [2.24, 2.45) is 0 Å². The summed E-state index contributed by atoms with van der Waals surface area (Å²) in [5, 5.41) is 3.60. The number of carbonyl (C=O) groups is 2. The number of benzene rings is 3. The highest BCUT2D eigenvalue weighted by atomic mass is 35.5. The molecule has 0 spiro atoms. The molecule has 0 bridgehead atoms. The van der Waals surface area contributed by atoms with E-state index in [0.717, 1.165) is 16.7 Å². The molecule has 1 heterocycles. The van der Waals surface area contributed by atoms with Crippen molar-refractivity contribution in [3.8, 4) is 11.5 Å². The highest BCUT2D eigenvalue weighted by Crippen LogP contribution is 2.29. The molecule has 7 nitrogen and oxygen atoms in total. The number of halogens is 1. The minimum Gasteiger partial charge on any atom is -0.493 e. The van der Waals surface area contributed by atoms with Crippen LogP contribution in [0.25, 0.3) is 0 Å². The monoisotopic (exact) mass is 543 g/mol. The van der Waals surface area contributed by atoms with Crippen LogP contribution >= 0.6 is 11.6 Å². The Labute approximate surface area is 233 Å². The van der Waals surface area contributed by atoms with Crippen molar-refractivity contribution in [1.29, 1.82) is 0 Å². The van der Waals surface area contributed by atoms with Crippen LogP contribution in [0.3, 0.4) is 0 Å². The number of hydrogen-bond donors (Lipinski definition) is 1. The first-order valence-corrected chi connectivity index (χ1v) is 12.8. The molecule has 4 aromatic rings. The minimum absolute atomic E-state index is 0.0644. The SMILES string of the molecule is COc1ccc(CC(=O)N(Cc2ccc(Cl)cc2)C(C(=O)NCc2ccncc2)c2ccccc2)cc1OC. The lowest BCUT2D eigenvalue weighted by Crippen LogP contribution is -2.43. The third-order valence-corrected chi connectivity index (χ3v) is 6.53. The number of amides is 2. The zero-order valence-electron chi connectivity index (χ0n) is 21.8. The summed E-state index contributed by atoms with van der Waals surface area (Å²) in [7, 11) is 3.11. The Morgan fingerprint density at radius 1 is 0.846 bits per heavy atom. The van der Waals surface area contributed by atoms with E-state index in [1.165, 1.54) is 0 Å². The van der Waals surface area contributed by atoms with Gasteiger partial charge in [-0.2, -0.15) is 0 Å². The molecule has 8 heteroatoms. The van der Waals surface area contributed by atoms with Gasteiger partial charge < -0.3 is 19.7 Å². The third-order valence-electron chi connectivity index (χ3n) is 6.28. The van der Waals surface area contributed by atoms with Crippen LogP contribution in [0.1, 0.15) is 28.3 Å². The Morgan fingerprint density at radius 3 is 2.18 bits per heavy atom. The fourth-order valence-electron chi connectivity index (χ4n) is 4.27. The third kappa shape index (κ3) is 7.36. The van der Waals surface area contributed by atoms with Crippen molar-refractivity contribution in [3.63, 3.8) is 0 Å². The van der Waals surface area contributed by atoms with Gasteiger partial charge in [0.25, 0.3) is 0 Å². The van der Waals surface area contributed by atoms with E-state index in [4.69, 9.17) is 21.1 Å². The van der Waals surface area contributed by atoms with E-state index in [1.807, 2.05) is 60.7 Å². The molecule has 39 heavy (non-hydrogen) atoms. The smallest absolute Gasteiger partial charge is 0.247 e. The van der Waals surface area contributed by atoms with Crippen LogP contribution in [-0.4, -0.2) is 35.9 Å². The van der Waals surface area contributed by atoms with Gasteiger partial charge in [0.2, 0.25) is 11.8 Å². The van der Waals surface area contributed by atoms with Crippen LogP contribution in [0.5, 0.6) is 11.5 Å². The highest BCUT2D eigenvalue weighted by Gasteiger charge is 2.31. The van der Waals surface area contributed by atoms with Gasteiger partial charge in [-0.1, -0.05) is 60.1 Å². The fourth-order valence-corrected chi connectivity index (χ4v) is 4.40. The van der Waals surface area contributed by atoms with Gasteiger partial charge >= 0.3 is 0 Å². The lowest BCUT2D eigenvalue weighted by molar-refractivity contribution is -0.141. The van der Waals surface area contributed by atoms with Gasteiger partial charge in [-0.15, -0.1) is 0 Å². The molecular weight excluding hydrogens is 514 g/mol. The van der Waals surface area contributed by atoms with E-state index in [2.05, 4.69) is 10.3 Å². The Balaban J connectivity index is 1.68. The van der Waals surface area contributed by atoms with E-state index in [0.29, 0.717) is 28.6 Å². The average molecular weight is 544 g/mol. The van der Waals surface area contributed by atoms with Crippen LogP contribution in [0.4, 0.5) is 0 Å². The molecule has 0 saturated carbocycles. The number of pyridine rings is 1. The minimum atomic E-state index is -0.864. The number of hydrogen-bond acceptors (Lipinski definition) is 5. The first kappa shape index (κ1) is 27.7. The molecule has 1 unspecified atom stereocenters. The molecule has 0 aliphatic rings. The van der Waals surface area contributed by atoms with Gasteiger partial charge in [-0.25, -0.2) is 0 Å². The molecule has 2 amide bonds. The van der Waals surface area contributed by atoms with E-state index in [9.17, 15) is 9.59 Å².